The Morgan fingerprint density at radius 3 is 2.92 bits per heavy atom. The molecule has 64 valence electrons. The molecule has 0 saturated heterocycles. The van der Waals surface area contributed by atoms with Crippen molar-refractivity contribution >= 4 is 17.3 Å². The van der Waals surface area contributed by atoms with Gasteiger partial charge in [-0.3, -0.25) is 0 Å². The predicted molar refractivity (Wildman–Crippen MR) is 47.9 cm³/mol. The van der Waals surface area contributed by atoms with E-state index in [0.29, 0.717) is 5.56 Å². The van der Waals surface area contributed by atoms with E-state index in [2.05, 4.69) is 0 Å². The van der Waals surface area contributed by atoms with Crippen LogP contribution in [-0.2, 0) is 12.8 Å². The molecule has 12 heavy (non-hydrogen) atoms. The van der Waals surface area contributed by atoms with Crippen LogP contribution in [0.2, 0.25) is 0 Å². The number of carboxylic acids is 1. The number of carboxylic acid groups (broad SMARTS) is 1. The van der Waals surface area contributed by atoms with Crippen molar-refractivity contribution in [2.45, 2.75) is 25.7 Å². The molecule has 2 rings (SSSR count). The van der Waals surface area contributed by atoms with Crippen molar-refractivity contribution in [1.29, 1.82) is 0 Å². The van der Waals surface area contributed by atoms with Gasteiger partial charge < -0.3 is 5.11 Å². The topological polar surface area (TPSA) is 37.3 Å². The van der Waals surface area contributed by atoms with Gasteiger partial charge in [-0.2, -0.15) is 0 Å². The SMILES string of the molecule is O=[13C](O)c1csc2c1CCCC2. The number of carbonyl (C=O) groups is 1. The van der Waals surface area contributed by atoms with Crippen molar-refractivity contribution in [3.63, 3.8) is 0 Å². The first-order chi connectivity index (χ1) is 5.79. The Morgan fingerprint density at radius 2 is 2.17 bits per heavy atom. The first-order valence-electron chi connectivity index (χ1n) is 4.11. The van der Waals surface area contributed by atoms with E-state index in [-0.39, 0.29) is 0 Å². The number of hydrogen-bond acceptors (Lipinski definition) is 2. The van der Waals surface area contributed by atoms with Gasteiger partial charge >= 0.3 is 5.97 Å². The van der Waals surface area contributed by atoms with Crippen molar-refractivity contribution in [3.05, 3.63) is 21.4 Å². The summed E-state index contributed by atoms with van der Waals surface area (Å²) in [5.74, 6) is -0.769. The van der Waals surface area contributed by atoms with E-state index >= 15 is 0 Å². The highest BCUT2D eigenvalue weighted by atomic mass is 32.1. The van der Waals surface area contributed by atoms with Gasteiger partial charge in [-0.1, -0.05) is 0 Å². The van der Waals surface area contributed by atoms with Crippen LogP contribution >= 0.6 is 11.3 Å². The second kappa shape index (κ2) is 2.90. The molecule has 0 radical (unpaired) electrons. The first-order valence-corrected chi connectivity index (χ1v) is 4.99. The Balaban J connectivity index is 2.44. The van der Waals surface area contributed by atoms with Gasteiger partial charge in [0.15, 0.2) is 0 Å². The van der Waals surface area contributed by atoms with E-state index in [1.807, 2.05) is 0 Å². The van der Waals surface area contributed by atoms with Crippen LogP contribution in [-0.4, -0.2) is 11.1 Å². The first kappa shape index (κ1) is 7.80. The minimum absolute atomic E-state index is 0.537. The van der Waals surface area contributed by atoms with E-state index in [1.165, 1.54) is 11.3 Å². The molecule has 1 aromatic rings. The summed E-state index contributed by atoms with van der Waals surface area (Å²) in [5.41, 5.74) is 1.63. The van der Waals surface area contributed by atoms with Gasteiger partial charge in [-0.05, 0) is 31.2 Å². The van der Waals surface area contributed by atoms with Crippen molar-refractivity contribution in [1.82, 2.24) is 0 Å². The fraction of sp³-hybridized carbons (Fsp3) is 0.444. The van der Waals surface area contributed by atoms with Crippen LogP contribution in [0.1, 0.15) is 33.6 Å². The molecule has 1 heterocycles. The molecule has 0 unspecified atom stereocenters. The second-order valence-electron chi connectivity index (χ2n) is 3.06. The lowest BCUT2D eigenvalue weighted by Gasteiger charge is -2.10. The molecule has 3 heteroatoms. The maximum absolute atomic E-state index is 10.7. The number of hydrogen-bond donors (Lipinski definition) is 1. The Labute approximate surface area is 74.8 Å². The number of rotatable bonds is 1. The van der Waals surface area contributed by atoms with E-state index < -0.39 is 5.97 Å². The number of aromatic carboxylic acids is 1. The Morgan fingerprint density at radius 1 is 1.42 bits per heavy atom. The molecule has 0 saturated carbocycles. The molecule has 0 aromatic carbocycles. The molecule has 0 spiro atoms. The highest BCUT2D eigenvalue weighted by molar-refractivity contribution is 7.10. The van der Waals surface area contributed by atoms with Gasteiger partial charge in [0.2, 0.25) is 0 Å². The lowest BCUT2D eigenvalue weighted by atomic mass is 9.98. The van der Waals surface area contributed by atoms with E-state index in [0.717, 1.165) is 24.8 Å². The van der Waals surface area contributed by atoms with Crippen molar-refractivity contribution < 1.29 is 9.90 Å². The van der Waals surface area contributed by atoms with Gasteiger partial charge in [0.25, 0.3) is 0 Å². The zero-order valence-corrected chi connectivity index (χ0v) is 7.49. The van der Waals surface area contributed by atoms with Crippen LogP contribution in [0.25, 0.3) is 0 Å². The Bertz CT molecular complexity index is 314. The fourth-order valence-corrected chi connectivity index (χ4v) is 2.79. The summed E-state index contributed by atoms with van der Waals surface area (Å²) < 4.78 is 0. The molecule has 0 fully saturated rings. The molecule has 1 aliphatic rings. The zero-order valence-electron chi connectivity index (χ0n) is 6.67. The van der Waals surface area contributed by atoms with Crippen LogP contribution in [0, 0.1) is 0 Å². The molecule has 1 N–H and O–H groups in total. The van der Waals surface area contributed by atoms with Gasteiger partial charge in [0.05, 0.1) is 5.56 Å². The van der Waals surface area contributed by atoms with Crippen molar-refractivity contribution in [2.75, 3.05) is 0 Å². The normalized spacial score (nSPS) is 15.7. The van der Waals surface area contributed by atoms with Gasteiger partial charge in [-0.25, -0.2) is 4.79 Å². The molecule has 1 aromatic heterocycles. The highest BCUT2D eigenvalue weighted by Gasteiger charge is 2.18. The monoisotopic (exact) mass is 183 g/mol. The maximum Gasteiger partial charge on any atom is 0.336 e. The zero-order chi connectivity index (χ0) is 8.55. The third-order valence-corrected chi connectivity index (χ3v) is 3.38. The third kappa shape index (κ3) is 1.14. The molecular formula is C9H10O2S. The number of fused-ring (bicyclic) bond motifs is 1. The van der Waals surface area contributed by atoms with Gasteiger partial charge in [-0.15, -0.1) is 11.3 Å². The van der Waals surface area contributed by atoms with Gasteiger partial charge in [0, 0.05) is 10.3 Å². The molecule has 0 bridgehead atoms. The molecular weight excluding hydrogens is 173 g/mol. The summed E-state index contributed by atoms with van der Waals surface area (Å²) >= 11 is 1.60. The molecule has 0 aliphatic heterocycles. The average molecular weight is 183 g/mol. The minimum Gasteiger partial charge on any atom is -0.478 e. The summed E-state index contributed by atoms with van der Waals surface area (Å²) in [6.45, 7) is 0. The number of thiophene rings is 1. The summed E-state index contributed by atoms with van der Waals surface area (Å²) in [5, 5.41) is 10.6. The Hall–Kier alpha value is -0.830. The molecule has 2 nitrogen and oxygen atoms in total. The maximum atomic E-state index is 10.7. The molecule has 0 amide bonds. The third-order valence-electron chi connectivity index (χ3n) is 2.29. The van der Waals surface area contributed by atoms with Crippen LogP contribution in [0.15, 0.2) is 5.38 Å². The van der Waals surface area contributed by atoms with Crippen LogP contribution in [0.5, 0.6) is 0 Å². The molecule has 0 atom stereocenters. The van der Waals surface area contributed by atoms with Crippen LogP contribution in [0.4, 0.5) is 0 Å². The van der Waals surface area contributed by atoms with Gasteiger partial charge in [0.1, 0.15) is 0 Å². The Kier molecular flexibility index (Phi) is 1.89. The highest BCUT2D eigenvalue weighted by Crippen LogP contribution is 2.29. The number of aryl methyl sites for hydroxylation is 1. The predicted octanol–water partition coefficient (Wildman–Crippen LogP) is 2.33. The van der Waals surface area contributed by atoms with Crippen LogP contribution < -0.4 is 0 Å². The smallest absolute Gasteiger partial charge is 0.336 e. The second-order valence-corrected chi connectivity index (χ2v) is 4.03. The van der Waals surface area contributed by atoms with Crippen LogP contribution in [0.3, 0.4) is 0 Å². The standard InChI is InChI=1S/C9H10O2S/c10-9(11)7-5-12-8-4-2-1-3-6(7)8/h5H,1-4H2,(H,10,11)/i9+1. The summed E-state index contributed by atoms with van der Waals surface area (Å²) in [6, 6.07) is 0. The lowest BCUT2D eigenvalue weighted by Crippen LogP contribution is -2.04. The minimum atomic E-state index is -0.769. The van der Waals surface area contributed by atoms with Crippen molar-refractivity contribution in [2.24, 2.45) is 0 Å². The lowest BCUT2D eigenvalue weighted by molar-refractivity contribution is 0.0696. The summed E-state index contributed by atoms with van der Waals surface area (Å²) in [4.78, 5) is 12.0. The van der Waals surface area contributed by atoms with Crippen molar-refractivity contribution in [3.8, 4) is 0 Å². The quantitative estimate of drug-likeness (QED) is 0.678. The largest absolute Gasteiger partial charge is 0.478 e. The van der Waals surface area contributed by atoms with E-state index in [1.54, 1.807) is 16.7 Å². The summed E-state index contributed by atoms with van der Waals surface area (Å²) in [6.07, 6.45) is 4.39. The molecule has 1 aliphatic carbocycles. The fourth-order valence-electron chi connectivity index (χ4n) is 1.67. The average Bonchev–Trinajstić information content (AvgIpc) is 2.47. The van der Waals surface area contributed by atoms with E-state index in [4.69, 9.17) is 5.11 Å². The summed E-state index contributed by atoms with van der Waals surface area (Å²) in [7, 11) is 0. The van der Waals surface area contributed by atoms with E-state index in [9.17, 15) is 4.79 Å².